The van der Waals surface area contributed by atoms with E-state index in [2.05, 4.69) is 10.4 Å². The third kappa shape index (κ3) is 2.21. The predicted molar refractivity (Wildman–Crippen MR) is 59.7 cm³/mol. The van der Waals surface area contributed by atoms with Gasteiger partial charge in [0, 0.05) is 7.05 Å². The van der Waals surface area contributed by atoms with E-state index >= 15 is 0 Å². The molecule has 2 rings (SSSR count). The zero-order valence-corrected chi connectivity index (χ0v) is 9.49. The molecule has 1 amide bonds. The molecule has 0 saturated carbocycles. The van der Waals surface area contributed by atoms with Gasteiger partial charge in [-0.2, -0.15) is 5.10 Å². The van der Waals surface area contributed by atoms with Crippen molar-refractivity contribution >= 4 is 11.6 Å². The molecule has 0 fully saturated rings. The van der Waals surface area contributed by atoms with Crippen LogP contribution in [0, 0.1) is 10.1 Å². The molecular formula is C10H10N4O4. The first-order valence-electron chi connectivity index (χ1n) is 5.06. The summed E-state index contributed by atoms with van der Waals surface area (Å²) in [5.41, 5.74) is -0.416. The van der Waals surface area contributed by atoms with Crippen molar-refractivity contribution in [2.75, 3.05) is 0 Å². The number of nitro groups is 1. The van der Waals surface area contributed by atoms with Crippen molar-refractivity contribution in [2.45, 2.75) is 6.54 Å². The van der Waals surface area contributed by atoms with Crippen LogP contribution in [0.4, 0.5) is 5.69 Å². The molecule has 0 aliphatic heterocycles. The van der Waals surface area contributed by atoms with Crippen LogP contribution in [-0.2, 0) is 13.6 Å². The average Bonchev–Trinajstić information content (AvgIpc) is 2.94. The molecule has 2 aromatic rings. The van der Waals surface area contributed by atoms with Gasteiger partial charge in [-0.05, 0) is 12.1 Å². The Morgan fingerprint density at radius 3 is 3.06 bits per heavy atom. The number of aryl methyl sites for hydroxylation is 1. The van der Waals surface area contributed by atoms with E-state index in [1.54, 1.807) is 12.1 Å². The van der Waals surface area contributed by atoms with Gasteiger partial charge in [-0.3, -0.25) is 19.6 Å². The smallest absolute Gasteiger partial charge is 0.320 e. The lowest BCUT2D eigenvalue weighted by Gasteiger charge is -2.03. The van der Waals surface area contributed by atoms with E-state index in [-0.39, 0.29) is 17.9 Å². The lowest BCUT2D eigenvalue weighted by atomic mass is 10.3. The summed E-state index contributed by atoms with van der Waals surface area (Å²) >= 11 is 0. The number of nitrogens with zero attached hydrogens (tertiary/aromatic N) is 3. The van der Waals surface area contributed by atoms with Crippen molar-refractivity contribution in [2.24, 2.45) is 7.05 Å². The number of carbonyl (C=O) groups excluding carboxylic acids is 1. The Labute approximate surface area is 101 Å². The van der Waals surface area contributed by atoms with E-state index < -0.39 is 10.8 Å². The van der Waals surface area contributed by atoms with Crippen LogP contribution in [0.5, 0.6) is 0 Å². The fourth-order valence-corrected chi connectivity index (χ4v) is 1.49. The molecule has 2 aromatic heterocycles. The van der Waals surface area contributed by atoms with Crippen LogP contribution < -0.4 is 5.32 Å². The van der Waals surface area contributed by atoms with Crippen LogP contribution in [0.15, 0.2) is 29.0 Å². The Morgan fingerprint density at radius 1 is 1.67 bits per heavy atom. The first kappa shape index (κ1) is 11.8. The minimum atomic E-state index is -0.644. The molecule has 0 unspecified atom stereocenters. The minimum Gasteiger partial charge on any atom is -0.467 e. The summed E-state index contributed by atoms with van der Waals surface area (Å²) in [5.74, 6) is -0.00808. The second-order valence-corrected chi connectivity index (χ2v) is 3.52. The third-order valence-electron chi connectivity index (χ3n) is 2.33. The zero-order valence-electron chi connectivity index (χ0n) is 9.49. The number of rotatable bonds is 4. The van der Waals surface area contributed by atoms with Crippen LogP contribution in [-0.4, -0.2) is 20.6 Å². The number of hydrogen-bond donors (Lipinski definition) is 1. The average molecular weight is 250 g/mol. The van der Waals surface area contributed by atoms with Crippen molar-refractivity contribution in [1.29, 1.82) is 0 Å². The molecule has 0 aliphatic rings. The van der Waals surface area contributed by atoms with Gasteiger partial charge in [0.25, 0.3) is 5.91 Å². The Bertz CT molecular complexity index is 573. The van der Waals surface area contributed by atoms with E-state index in [0.29, 0.717) is 5.76 Å². The molecule has 0 atom stereocenters. The molecule has 0 saturated heterocycles. The summed E-state index contributed by atoms with van der Waals surface area (Å²) in [5, 5.41) is 16.9. The van der Waals surface area contributed by atoms with Gasteiger partial charge in [0.15, 0.2) is 0 Å². The van der Waals surface area contributed by atoms with Gasteiger partial charge in [0.2, 0.25) is 5.69 Å². The summed E-state index contributed by atoms with van der Waals surface area (Å²) in [6, 6.07) is 3.38. The molecule has 0 spiro atoms. The van der Waals surface area contributed by atoms with Crippen LogP contribution >= 0.6 is 0 Å². The summed E-state index contributed by atoms with van der Waals surface area (Å²) < 4.78 is 6.20. The second kappa shape index (κ2) is 4.70. The van der Waals surface area contributed by atoms with Gasteiger partial charge in [-0.1, -0.05) is 0 Å². The van der Waals surface area contributed by atoms with Crippen molar-refractivity contribution in [3.8, 4) is 0 Å². The fourth-order valence-electron chi connectivity index (χ4n) is 1.49. The molecule has 0 aromatic carbocycles. The van der Waals surface area contributed by atoms with Crippen LogP contribution in [0.2, 0.25) is 0 Å². The van der Waals surface area contributed by atoms with E-state index in [9.17, 15) is 14.9 Å². The Hall–Kier alpha value is -2.64. The van der Waals surface area contributed by atoms with Crippen LogP contribution in [0.25, 0.3) is 0 Å². The highest BCUT2D eigenvalue weighted by atomic mass is 16.6. The van der Waals surface area contributed by atoms with Crippen molar-refractivity contribution in [1.82, 2.24) is 15.1 Å². The molecule has 1 N–H and O–H groups in total. The van der Waals surface area contributed by atoms with Gasteiger partial charge in [-0.25, -0.2) is 0 Å². The van der Waals surface area contributed by atoms with E-state index in [1.807, 2.05) is 0 Å². The summed E-state index contributed by atoms with van der Waals surface area (Å²) in [6.07, 6.45) is 2.52. The van der Waals surface area contributed by atoms with E-state index in [1.165, 1.54) is 13.3 Å². The quantitative estimate of drug-likeness (QED) is 0.640. The highest BCUT2D eigenvalue weighted by Crippen LogP contribution is 2.16. The lowest BCUT2D eigenvalue weighted by molar-refractivity contribution is -0.385. The van der Waals surface area contributed by atoms with Crippen LogP contribution in [0.1, 0.15) is 16.2 Å². The molecule has 8 heteroatoms. The first-order valence-corrected chi connectivity index (χ1v) is 5.06. The third-order valence-corrected chi connectivity index (χ3v) is 2.33. The van der Waals surface area contributed by atoms with Crippen molar-refractivity contribution in [3.63, 3.8) is 0 Å². The summed E-state index contributed by atoms with van der Waals surface area (Å²) in [4.78, 5) is 21.9. The van der Waals surface area contributed by atoms with E-state index in [4.69, 9.17) is 4.42 Å². The van der Waals surface area contributed by atoms with Gasteiger partial charge >= 0.3 is 5.69 Å². The van der Waals surface area contributed by atoms with Gasteiger partial charge in [0.05, 0.1) is 17.7 Å². The van der Waals surface area contributed by atoms with Crippen molar-refractivity contribution in [3.05, 3.63) is 46.2 Å². The normalized spacial score (nSPS) is 10.3. The predicted octanol–water partition coefficient (Wildman–Crippen LogP) is 0.851. The Morgan fingerprint density at radius 2 is 2.44 bits per heavy atom. The van der Waals surface area contributed by atoms with E-state index in [0.717, 1.165) is 10.9 Å². The molecule has 0 bridgehead atoms. The fraction of sp³-hybridized carbons (Fsp3) is 0.200. The largest absolute Gasteiger partial charge is 0.467 e. The molecule has 8 nitrogen and oxygen atoms in total. The van der Waals surface area contributed by atoms with Crippen LogP contribution in [0.3, 0.4) is 0 Å². The molecule has 0 aliphatic carbocycles. The zero-order chi connectivity index (χ0) is 13.1. The highest BCUT2D eigenvalue weighted by Gasteiger charge is 2.25. The maximum absolute atomic E-state index is 11.8. The molecule has 0 radical (unpaired) electrons. The number of hydrogen-bond acceptors (Lipinski definition) is 5. The Kier molecular flexibility index (Phi) is 3.09. The number of nitrogens with one attached hydrogen (secondary N) is 1. The number of furan rings is 1. The Balaban J connectivity index is 2.13. The maximum atomic E-state index is 11.8. The van der Waals surface area contributed by atoms with Crippen molar-refractivity contribution < 1.29 is 14.1 Å². The lowest BCUT2D eigenvalue weighted by Crippen LogP contribution is -2.25. The van der Waals surface area contributed by atoms with Gasteiger partial charge in [-0.15, -0.1) is 0 Å². The first-order chi connectivity index (χ1) is 8.59. The number of aromatic nitrogens is 2. The standard InChI is InChI=1S/C10H10N4O4/c1-13-9(8(6-12-13)14(16)17)10(15)11-5-7-3-2-4-18-7/h2-4,6H,5H2,1H3,(H,11,15). The monoisotopic (exact) mass is 250 g/mol. The second-order valence-electron chi connectivity index (χ2n) is 3.52. The minimum absolute atomic E-state index is 0.0912. The highest BCUT2D eigenvalue weighted by molar-refractivity contribution is 5.96. The topological polar surface area (TPSA) is 103 Å². The van der Waals surface area contributed by atoms with Gasteiger partial charge in [0.1, 0.15) is 12.0 Å². The maximum Gasteiger partial charge on any atom is 0.320 e. The summed E-state index contributed by atoms with van der Waals surface area (Å²) in [6.45, 7) is 0.161. The SMILES string of the molecule is Cn1ncc([N+](=O)[O-])c1C(=O)NCc1ccco1. The van der Waals surface area contributed by atoms with Gasteiger partial charge < -0.3 is 9.73 Å². The molecule has 18 heavy (non-hydrogen) atoms. The molecule has 94 valence electrons. The number of amides is 1. The molecule has 2 heterocycles. The number of carbonyl (C=O) groups is 1. The molecular weight excluding hydrogens is 240 g/mol. The summed E-state index contributed by atoms with van der Waals surface area (Å²) in [7, 11) is 1.47.